The van der Waals surface area contributed by atoms with Crippen LogP contribution in [0.2, 0.25) is 0 Å². The van der Waals surface area contributed by atoms with Crippen LogP contribution in [0, 0.1) is 11.3 Å². The van der Waals surface area contributed by atoms with Gasteiger partial charge in [-0.05, 0) is 43.7 Å². The summed E-state index contributed by atoms with van der Waals surface area (Å²) in [5.41, 5.74) is 2.60. The molecule has 0 bridgehead atoms. The second-order valence-electron chi connectivity index (χ2n) is 9.66. The van der Waals surface area contributed by atoms with Gasteiger partial charge in [-0.2, -0.15) is 0 Å². The Morgan fingerprint density at radius 1 is 1.10 bits per heavy atom. The molecule has 1 unspecified atom stereocenters. The molecular formula is C25H38N2O3. The van der Waals surface area contributed by atoms with Crippen molar-refractivity contribution in [1.29, 1.82) is 0 Å². The number of ether oxygens (including phenoxy) is 1. The molecule has 0 radical (unpaired) electrons. The summed E-state index contributed by atoms with van der Waals surface area (Å²) in [6, 6.07) is 8.39. The van der Waals surface area contributed by atoms with Crippen molar-refractivity contribution in [3.05, 3.63) is 35.4 Å². The van der Waals surface area contributed by atoms with Crippen LogP contribution in [0.25, 0.3) is 0 Å². The Hall–Kier alpha value is -2.04. The molecule has 30 heavy (non-hydrogen) atoms. The number of piperidine rings is 1. The fourth-order valence-corrected chi connectivity index (χ4v) is 4.47. The van der Waals surface area contributed by atoms with E-state index in [4.69, 9.17) is 4.74 Å². The molecule has 0 N–H and O–H groups in total. The molecule has 1 saturated heterocycles. The lowest BCUT2D eigenvalue weighted by Gasteiger charge is -2.37. The molecule has 166 valence electrons. The fourth-order valence-electron chi connectivity index (χ4n) is 4.47. The predicted octanol–water partition coefficient (Wildman–Crippen LogP) is 5.02. The molecule has 0 aromatic heterocycles. The second kappa shape index (κ2) is 9.84. The Labute approximate surface area is 181 Å². The highest BCUT2D eigenvalue weighted by atomic mass is 16.6. The van der Waals surface area contributed by atoms with Gasteiger partial charge in [-0.1, -0.05) is 57.9 Å². The average Bonchev–Trinajstić information content (AvgIpc) is 2.76. The van der Waals surface area contributed by atoms with Gasteiger partial charge in [-0.3, -0.25) is 4.79 Å². The van der Waals surface area contributed by atoms with Crippen molar-refractivity contribution in [2.45, 2.75) is 78.9 Å². The molecule has 1 aromatic carbocycles. The van der Waals surface area contributed by atoms with Gasteiger partial charge in [0, 0.05) is 37.5 Å². The van der Waals surface area contributed by atoms with Crippen LogP contribution >= 0.6 is 0 Å². The van der Waals surface area contributed by atoms with Crippen molar-refractivity contribution < 1.29 is 14.3 Å². The maximum Gasteiger partial charge on any atom is 0.410 e. The lowest BCUT2D eigenvalue weighted by molar-refractivity contribution is -0.138. The molecule has 0 spiro atoms. The summed E-state index contributed by atoms with van der Waals surface area (Å²) in [4.78, 5) is 29.5. The van der Waals surface area contributed by atoms with Crippen LogP contribution in [-0.4, -0.2) is 47.5 Å². The van der Waals surface area contributed by atoms with Crippen LogP contribution in [-0.2, 0) is 22.5 Å². The maximum atomic E-state index is 13.0. The number of hydrogen-bond acceptors (Lipinski definition) is 3. The van der Waals surface area contributed by atoms with Crippen molar-refractivity contribution >= 4 is 12.0 Å². The normalized spacial score (nSPS) is 18.7. The molecule has 2 amide bonds. The number of unbranched alkanes of at least 4 members (excludes halogenated alkanes) is 1. The van der Waals surface area contributed by atoms with Crippen molar-refractivity contribution in [2.24, 2.45) is 11.3 Å². The highest BCUT2D eigenvalue weighted by Gasteiger charge is 2.34. The number of likely N-dealkylation sites (tertiary alicyclic amines) is 1. The average molecular weight is 415 g/mol. The van der Waals surface area contributed by atoms with E-state index < -0.39 is 0 Å². The number of benzene rings is 1. The Kier molecular flexibility index (Phi) is 7.43. The zero-order chi connectivity index (χ0) is 21.7. The van der Waals surface area contributed by atoms with Crippen LogP contribution in [0.4, 0.5) is 4.79 Å². The van der Waals surface area contributed by atoms with E-state index in [2.05, 4.69) is 39.0 Å². The van der Waals surface area contributed by atoms with Gasteiger partial charge in [0.15, 0.2) is 0 Å². The van der Waals surface area contributed by atoms with E-state index in [1.165, 1.54) is 11.1 Å². The van der Waals surface area contributed by atoms with Crippen molar-refractivity contribution in [3.8, 4) is 0 Å². The van der Waals surface area contributed by atoms with E-state index in [0.717, 1.165) is 45.1 Å². The molecule has 2 aliphatic rings. The molecule has 1 aromatic rings. The van der Waals surface area contributed by atoms with Gasteiger partial charge in [-0.15, -0.1) is 0 Å². The minimum atomic E-state index is -0.232. The summed E-state index contributed by atoms with van der Waals surface area (Å²) in [5, 5.41) is 0. The number of hydrogen-bond donors (Lipinski definition) is 0. The number of amides is 2. The summed E-state index contributed by atoms with van der Waals surface area (Å²) in [5.74, 6) is 0.254. The van der Waals surface area contributed by atoms with Gasteiger partial charge in [0.1, 0.15) is 6.10 Å². The van der Waals surface area contributed by atoms with E-state index in [1.807, 2.05) is 17.9 Å². The number of carbonyl (C=O) groups excluding carboxylic acids is 2. The Morgan fingerprint density at radius 2 is 1.77 bits per heavy atom. The van der Waals surface area contributed by atoms with Crippen molar-refractivity contribution in [1.82, 2.24) is 9.80 Å². The van der Waals surface area contributed by atoms with E-state index in [9.17, 15) is 9.59 Å². The smallest absolute Gasteiger partial charge is 0.410 e. The largest absolute Gasteiger partial charge is 0.446 e. The molecule has 2 heterocycles. The van der Waals surface area contributed by atoms with E-state index in [-0.39, 0.29) is 29.4 Å². The van der Waals surface area contributed by atoms with Crippen molar-refractivity contribution in [2.75, 3.05) is 19.6 Å². The lowest BCUT2D eigenvalue weighted by Crippen LogP contribution is -2.46. The van der Waals surface area contributed by atoms with Crippen LogP contribution in [0.15, 0.2) is 24.3 Å². The monoisotopic (exact) mass is 414 g/mol. The Morgan fingerprint density at radius 3 is 2.43 bits per heavy atom. The molecule has 0 aliphatic carbocycles. The zero-order valence-electron chi connectivity index (χ0n) is 19.2. The summed E-state index contributed by atoms with van der Waals surface area (Å²) >= 11 is 0. The Balaban J connectivity index is 1.47. The first kappa shape index (κ1) is 22.6. The van der Waals surface area contributed by atoms with Crippen LogP contribution < -0.4 is 0 Å². The molecule has 1 atom stereocenters. The predicted molar refractivity (Wildman–Crippen MR) is 119 cm³/mol. The van der Waals surface area contributed by atoms with Crippen molar-refractivity contribution in [3.63, 3.8) is 0 Å². The number of nitrogens with zero attached hydrogens (tertiary/aromatic N) is 2. The highest BCUT2D eigenvalue weighted by Crippen LogP contribution is 2.31. The van der Waals surface area contributed by atoms with E-state index >= 15 is 0 Å². The SMILES string of the molecule is CCCCC(C)(C)C(C)OC(=O)N1CCC(C(=O)N2CCc3ccccc3C2)CC1. The van der Waals surface area contributed by atoms with E-state index in [0.29, 0.717) is 19.6 Å². The summed E-state index contributed by atoms with van der Waals surface area (Å²) < 4.78 is 5.79. The van der Waals surface area contributed by atoms with Crippen LogP contribution in [0.3, 0.4) is 0 Å². The molecule has 5 heteroatoms. The third-order valence-electron chi connectivity index (χ3n) is 7.10. The van der Waals surface area contributed by atoms with Gasteiger partial charge in [0.05, 0.1) is 0 Å². The zero-order valence-corrected chi connectivity index (χ0v) is 19.2. The molecule has 1 fully saturated rings. The second-order valence-corrected chi connectivity index (χ2v) is 9.66. The third kappa shape index (κ3) is 5.35. The topological polar surface area (TPSA) is 49.9 Å². The quantitative estimate of drug-likeness (QED) is 0.656. The fraction of sp³-hybridized carbons (Fsp3) is 0.680. The molecular weight excluding hydrogens is 376 g/mol. The van der Waals surface area contributed by atoms with Gasteiger partial charge in [0.2, 0.25) is 5.91 Å². The summed E-state index contributed by atoms with van der Waals surface area (Å²) in [6.07, 6.45) is 5.36. The number of fused-ring (bicyclic) bond motifs is 1. The third-order valence-corrected chi connectivity index (χ3v) is 7.10. The summed E-state index contributed by atoms with van der Waals surface area (Å²) in [6.45, 7) is 11.2. The maximum absolute atomic E-state index is 13.0. The highest BCUT2D eigenvalue weighted by molar-refractivity contribution is 5.79. The minimum Gasteiger partial charge on any atom is -0.446 e. The van der Waals surface area contributed by atoms with Gasteiger partial charge in [0.25, 0.3) is 0 Å². The minimum absolute atomic E-state index is 0.0118. The van der Waals surface area contributed by atoms with Crippen LogP contribution in [0.5, 0.6) is 0 Å². The number of carbonyl (C=O) groups is 2. The van der Waals surface area contributed by atoms with Gasteiger partial charge in [-0.25, -0.2) is 4.79 Å². The van der Waals surface area contributed by atoms with Crippen LogP contribution in [0.1, 0.15) is 70.9 Å². The molecule has 0 saturated carbocycles. The standard InChI is InChI=1S/C25H38N2O3/c1-5-6-14-25(3,4)19(2)30-24(29)26-15-12-21(13-16-26)23(28)27-17-11-20-9-7-8-10-22(20)18-27/h7-10,19,21H,5-6,11-18H2,1-4H3. The number of rotatable bonds is 6. The van der Waals surface area contributed by atoms with E-state index in [1.54, 1.807) is 4.90 Å². The molecule has 2 aliphatic heterocycles. The van der Waals surface area contributed by atoms with Gasteiger partial charge < -0.3 is 14.5 Å². The first-order valence-corrected chi connectivity index (χ1v) is 11.6. The first-order valence-electron chi connectivity index (χ1n) is 11.6. The molecule has 3 rings (SSSR count). The van der Waals surface area contributed by atoms with Gasteiger partial charge >= 0.3 is 6.09 Å². The summed E-state index contributed by atoms with van der Waals surface area (Å²) in [7, 11) is 0. The first-order chi connectivity index (χ1) is 14.3. The lowest BCUT2D eigenvalue weighted by atomic mass is 9.82. The molecule has 5 nitrogen and oxygen atoms in total. The Bertz CT molecular complexity index is 738.